The third kappa shape index (κ3) is 3.83. The van der Waals surface area contributed by atoms with Crippen molar-refractivity contribution in [2.45, 2.75) is 13.5 Å². The van der Waals surface area contributed by atoms with Crippen LogP contribution in [0.25, 0.3) is 21.0 Å². The number of halogens is 2. The minimum Gasteiger partial charge on any atom is -0.380 e. The first-order valence-electron chi connectivity index (χ1n) is 9.21. The molecule has 0 spiro atoms. The third-order valence-corrected chi connectivity index (χ3v) is 5.60. The molecule has 0 aliphatic heterocycles. The van der Waals surface area contributed by atoms with Crippen molar-refractivity contribution in [2.24, 2.45) is 4.99 Å². The van der Waals surface area contributed by atoms with Crippen LogP contribution in [-0.4, -0.2) is 23.7 Å². The standard InChI is InChI=1S/C22H18F2N2O2S/c1-2-28-11-10-26-20-18(24)12-15(23)13-19(20)29-22(26)25-21(27)17-9-5-7-14-6-3-4-8-16(14)17/h3-9,12-13H,2,10-11H2,1H3. The molecule has 0 aliphatic rings. The van der Waals surface area contributed by atoms with Crippen LogP contribution in [0.2, 0.25) is 0 Å². The zero-order valence-corrected chi connectivity index (χ0v) is 16.5. The molecule has 1 amide bonds. The zero-order valence-electron chi connectivity index (χ0n) is 15.7. The van der Waals surface area contributed by atoms with Crippen molar-refractivity contribution in [3.63, 3.8) is 0 Å². The lowest BCUT2D eigenvalue weighted by Crippen LogP contribution is -2.20. The number of nitrogens with zero attached hydrogens (tertiary/aromatic N) is 2. The number of aromatic nitrogens is 1. The summed E-state index contributed by atoms with van der Waals surface area (Å²) >= 11 is 1.08. The van der Waals surface area contributed by atoms with Crippen LogP contribution < -0.4 is 4.80 Å². The van der Waals surface area contributed by atoms with Crippen molar-refractivity contribution in [1.82, 2.24) is 4.57 Å². The van der Waals surface area contributed by atoms with Crippen molar-refractivity contribution >= 4 is 38.2 Å². The number of ether oxygens (including phenoxy) is 1. The number of carbonyl (C=O) groups excluding carboxylic acids is 1. The van der Waals surface area contributed by atoms with Crippen LogP contribution >= 0.6 is 11.3 Å². The van der Waals surface area contributed by atoms with Gasteiger partial charge in [0.1, 0.15) is 5.82 Å². The molecule has 4 nitrogen and oxygen atoms in total. The molecular weight excluding hydrogens is 394 g/mol. The summed E-state index contributed by atoms with van der Waals surface area (Å²) in [7, 11) is 0. The summed E-state index contributed by atoms with van der Waals surface area (Å²) in [6.07, 6.45) is 0. The van der Waals surface area contributed by atoms with Crippen molar-refractivity contribution in [1.29, 1.82) is 0 Å². The fourth-order valence-electron chi connectivity index (χ4n) is 3.28. The highest BCUT2D eigenvalue weighted by molar-refractivity contribution is 7.16. The van der Waals surface area contributed by atoms with E-state index >= 15 is 0 Å². The van der Waals surface area contributed by atoms with Crippen LogP contribution in [0.1, 0.15) is 17.3 Å². The first-order valence-corrected chi connectivity index (χ1v) is 10.0. The lowest BCUT2D eigenvalue weighted by molar-refractivity contribution is 0.0998. The molecule has 0 bridgehead atoms. The Hall–Kier alpha value is -2.90. The molecule has 1 aromatic heterocycles. The van der Waals surface area contributed by atoms with Crippen LogP contribution in [0.4, 0.5) is 8.78 Å². The summed E-state index contributed by atoms with van der Waals surface area (Å²) in [5.74, 6) is -1.79. The molecule has 7 heteroatoms. The fourth-order valence-corrected chi connectivity index (χ4v) is 4.37. The maximum absolute atomic E-state index is 14.5. The molecule has 0 saturated carbocycles. The van der Waals surface area contributed by atoms with Gasteiger partial charge in [-0.3, -0.25) is 4.79 Å². The second kappa shape index (κ2) is 8.23. The normalized spacial score (nSPS) is 12.2. The maximum Gasteiger partial charge on any atom is 0.280 e. The quantitative estimate of drug-likeness (QED) is 0.437. The summed E-state index contributed by atoms with van der Waals surface area (Å²) in [6, 6.07) is 15.1. The predicted octanol–water partition coefficient (Wildman–Crippen LogP) is 4.91. The number of carbonyl (C=O) groups is 1. The summed E-state index contributed by atoms with van der Waals surface area (Å²) in [5, 5.41) is 1.73. The van der Waals surface area contributed by atoms with E-state index in [2.05, 4.69) is 4.99 Å². The van der Waals surface area contributed by atoms with Gasteiger partial charge in [-0.25, -0.2) is 8.78 Å². The Labute approximate surface area is 169 Å². The van der Waals surface area contributed by atoms with Crippen LogP contribution in [0, 0.1) is 11.6 Å². The molecule has 148 valence electrons. The van der Waals surface area contributed by atoms with E-state index in [1.54, 1.807) is 16.7 Å². The van der Waals surface area contributed by atoms with Gasteiger partial charge in [-0.1, -0.05) is 47.7 Å². The Morgan fingerprint density at radius 2 is 1.93 bits per heavy atom. The molecule has 4 aromatic rings. The number of benzene rings is 3. The molecule has 1 heterocycles. The molecule has 4 rings (SSSR count). The Morgan fingerprint density at radius 1 is 1.14 bits per heavy atom. The van der Waals surface area contributed by atoms with E-state index < -0.39 is 17.5 Å². The molecule has 0 fully saturated rings. The molecule has 0 aliphatic carbocycles. The van der Waals surface area contributed by atoms with Crippen LogP contribution in [-0.2, 0) is 11.3 Å². The van der Waals surface area contributed by atoms with Crippen molar-refractivity contribution in [3.8, 4) is 0 Å². The SMILES string of the molecule is CCOCCn1c(=NC(=O)c2cccc3ccccc23)sc2cc(F)cc(F)c21. The fraction of sp³-hybridized carbons (Fsp3) is 0.182. The lowest BCUT2D eigenvalue weighted by Gasteiger charge is -2.06. The Bertz CT molecular complexity index is 1270. The van der Waals surface area contributed by atoms with Gasteiger partial charge in [0.25, 0.3) is 5.91 Å². The van der Waals surface area contributed by atoms with Crippen molar-refractivity contribution in [3.05, 3.63) is 76.6 Å². The molecule has 0 N–H and O–H groups in total. The number of hydrogen-bond donors (Lipinski definition) is 0. The zero-order chi connectivity index (χ0) is 20.4. The first-order chi connectivity index (χ1) is 14.1. The molecule has 0 unspecified atom stereocenters. The average molecular weight is 412 g/mol. The highest BCUT2D eigenvalue weighted by Gasteiger charge is 2.15. The van der Waals surface area contributed by atoms with Gasteiger partial charge in [0.15, 0.2) is 10.6 Å². The van der Waals surface area contributed by atoms with Gasteiger partial charge in [-0.2, -0.15) is 4.99 Å². The minimum atomic E-state index is -0.688. The van der Waals surface area contributed by atoms with E-state index in [-0.39, 0.29) is 5.52 Å². The largest absolute Gasteiger partial charge is 0.380 e. The number of amides is 1. The molecule has 29 heavy (non-hydrogen) atoms. The summed E-state index contributed by atoms with van der Waals surface area (Å²) in [5.41, 5.74) is 0.684. The summed E-state index contributed by atoms with van der Waals surface area (Å²) in [6.45, 7) is 3.01. The van der Waals surface area contributed by atoms with E-state index in [0.717, 1.165) is 28.2 Å². The van der Waals surface area contributed by atoms with Gasteiger partial charge in [0.05, 0.1) is 16.8 Å². The van der Waals surface area contributed by atoms with Crippen molar-refractivity contribution < 1.29 is 18.3 Å². The van der Waals surface area contributed by atoms with Gasteiger partial charge in [0, 0.05) is 24.8 Å². The van der Waals surface area contributed by atoms with Crippen LogP contribution in [0.5, 0.6) is 0 Å². The Balaban J connectivity index is 1.87. The van der Waals surface area contributed by atoms with E-state index in [9.17, 15) is 13.6 Å². The maximum atomic E-state index is 14.5. The minimum absolute atomic E-state index is 0.223. The van der Waals surface area contributed by atoms with E-state index in [1.165, 1.54) is 6.07 Å². The topological polar surface area (TPSA) is 43.6 Å². The second-order valence-corrected chi connectivity index (χ2v) is 7.42. The number of hydrogen-bond acceptors (Lipinski definition) is 3. The number of fused-ring (bicyclic) bond motifs is 2. The van der Waals surface area contributed by atoms with Gasteiger partial charge >= 0.3 is 0 Å². The highest BCUT2D eigenvalue weighted by atomic mass is 32.1. The van der Waals surface area contributed by atoms with E-state index in [0.29, 0.717) is 34.8 Å². The third-order valence-electron chi connectivity index (χ3n) is 4.58. The van der Waals surface area contributed by atoms with Crippen LogP contribution in [0.15, 0.2) is 59.6 Å². The molecule has 3 aromatic carbocycles. The van der Waals surface area contributed by atoms with Gasteiger partial charge in [-0.05, 0) is 29.8 Å². The van der Waals surface area contributed by atoms with E-state index in [4.69, 9.17) is 4.74 Å². The van der Waals surface area contributed by atoms with Gasteiger partial charge in [-0.15, -0.1) is 0 Å². The summed E-state index contributed by atoms with van der Waals surface area (Å²) in [4.78, 5) is 17.5. The number of thiazole rings is 1. The highest BCUT2D eigenvalue weighted by Crippen LogP contribution is 2.23. The number of rotatable bonds is 5. The predicted molar refractivity (Wildman–Crippen MR) is 110 cm³/mol. The second-order valence-electron chi connectivity index (χ2n) is 6.41. The molecule has 0 atom stereocenters. The van der Waals surface area contributed by atoms with Crippen molar-refractivity contribution in [2.75, 3.05) is 13.2 Å². The Kier molecular flexibility index (Phi) is 5.51. The van der Waals surface area contributed by atoms with E-state index in [1.807, 2.05) is 37.3 Å². The first kappa shape index (κ1) is 19.4. The average Bonchev–Trinajstić information content (AvgIpc) is 3.04. The smallest absolute Gasteiger partial charge is 0.280 e. The summed E-state index contributed by atoms with van der Waals surface area (Å²) < 4.78 is 35.5. The van der Waals surface area contributed by atoms with Gasteiger partial charge in [0.2, 0.25) is 0 Å². The van der Waals surface area contributed by atoms with Crippen LogP contribution in [0.3, 0.4) is 0 Å². The monoisotopic (exact) mass is 412 g/mol. The molecule has 0 radical (unpaired) electrons. The Morgan fingerprint density at radius 3 is 2.76 bits per heavy atom. The lowest BCUT2D eigenvalue weighted by atomic mass is 10.0. The van der Waals surface area contributed by atoms with Gasteiger partial charge < -0.3 is 9.30 Å². The molecule has 0 saturated heterocycles. The molecular formula is C22H18F2N2O2S.